The van der Waals surface area contributed by atoms with E-state index in [-0.39, 0.29) is 111 Å². The summed E-state index contributed by atoms with van der Waals surface area (Å²) in [5, 5.41) is 91.4. The molecule has 49 heavy (non-hydrogen) atoms. The van der Waals surface area contributed by atoms with Crippen molar-refractivity contribution in [1.82, 2.24) is 0 Å². The zero-order chi connectivity index (χ0) is 38.2. The van der Waals surface area contributed by atoms with Gasteiger partial charge in [0.05, 0.1) is 175 Å². The minimum atomic E-state index is -0.686. The molecule has 1 aliphatic rings. The third-order valence-electron chi connectivity index (χ3n) is 4.06. The van der Waals surface area contributed by atoms with Crippen LogP contribution in [0.4, 0.5) is 0 Å². The SMILES string of the molecule is ClCC1CO1.OCCO.OCCOCC(O)CCl.OCCOCC(O)CCl.OCCOCCO.OCCOCCOCC(O)COCCO. The molecule has 304 valence electrons. The summed E-state index contributed by atoms with van der Waals surface area (Å²) in [4.78, 5) is 0. The smallest absolute Gasteiger partial charge is 0.101 e. The van der Waals surface area contributed by atoms with Gasteiger partial charge in [0.15, 0.2) is 0 Å². The first-order valence-corrected chi connectivity index (χ1v) is 17.0. The first kappa shape index (κ1) is 58.5. The van der Waals surface area contributed by atoms with Gasteiger partial charge in [-0.1, -0.05) is 0 Å². The van der Waals surface area contributed by atoms with Crippen LogP contribution < -0.4 is 0 Å². The number of hydrogen-bond donors (Lipinski definition) is 11. The van der Waals surface area contributed by atoms with E-state index in [1.54, 1.807) is 0 Å². The highest BCUT2D eigenvalue weighted by atomic mass is 35.5. The van der Waals surface area contributed by atoms with Crippen molar-refractivity contribution in [2.24, 2.45) is 0 Å². The Balaban J connectivity index is -0.000000166. The zero-order valence-electron chi connectivity index (χ0n) is 28.2. The Morgan fingerprint density at radius 1 is 0.429 bits per heavy atom. The third-order valence-corrected chi connectivity index (χ3v) is 5.11. The largest absolute Gasteiger partial charge is 0.394 e. The van der Waals surface area contributed by atoms with Gasteiger partial charge in [-0.2, -0.15) is 0 Å². The minimum absolute atomic E-state index is 0.00236. The number of alkyl halides is 3. The molecular weight excluding hydrogens is 731 g/mol. The highest BCUT2D eigenvalue weighted by molar-refractivity contribution is 6.18. The fourth-order valence-electron chi connectivity index (χ4n) is 1.88. The number of rotatable bonds is 27. The Labute approximate surface area is 304 Å². The molecule has 0 saturated carbocycles. The molecule has 1 fully saturated rings. The number of ether oxygens (including phenoxy) is 7. The van der Waals surface area contributed by atoms with Crippen molar-refractivity contribution in [3.05, 3.63) is 0 Å². The molecule has 1 heterocycles. The third kappa shape index (κ3) is 74.3. The van der Waals surface area contributed by atoms with Gasteiger partial charge in [-0.15, -0.1) is 34.8 Å². The summed E-state index contributed by atoms with van der Waals surface area (Å²) in [6, 6.07) is 0. The van der Waals surface area contributed by atoms with Crippen LogP contribution in [0.2, 0.25) is 0 Å². The quantitative estimate of drug-likeness (QED) is 0.0216. The number of epoxide rings is 1. The van der Waals surface area contributed by atoms with Crippen LogP contribution in [0.3, 0.4) is 0 Å². The maximum atomic E-state index is 9.27. The molecule has 11 N–H and O–H groups in total. The molecule has 0 spiro atoms. The first-order chi connectivity index (χ1) is 23.7. The zero-order valence-corrected chi connectivity index (χ0v) is 30.5. The van der Waals surface area contributed by atoms with Gasteiger partial charge in [0.25, 0.3) is 0 Å². The normalized spacial score (nSPS) is 14.4. The highest BCUT2D eigenvalue weighted by Gasteiger charge is 2.19. The molecule has 0 aromatic heterocycles. The van der Waals surface area contributed by atoms with Crippen molar-refractivity contribution in [2.45, 2.75) is 24.4 Å². The van der Waals surface area contributed by atoms with Gasteiger partial charge in [0.2, 0.25) is 0 Å². The molecule has 0 aliphatic carbocycles. The molecule has 0 aromatic carbocycles. The topological polar surface area (TPSA) is 290 Å². The number of hydrogen-bond acceptors (Lipinski definition) is 18. The van der Waals surface area contributed by atoms with Gasteiger partial charge >= 0.3 is 0 Å². The van der Waals surface area contributed by atoms with E-state index in [4.69, 9.17) is 114 Å². The van der Waals surface area contributed by atoms with Crippen molar-refractivity contribution in [1.29, 1.82) is 0 Å². The Morgan fingerprint density at radius 3 is 0.939 bits per heavy atom. The van der Waals surface area contributed by atoms with Crippen molar-refractivity contribution < 1.29 is 89.3 Å². The average molecular weight is 794 g/mol. The van der Waals surface area contributed by atoms with Crippen LogP contribution >= 0.6 is 34.8 Å². The van der Waals surface area contributed by atoms with E-state index < -0.39 is 18.3 Å². The summed E-state index contributed by atoms with van der Waals surface area (Å²) < 4.78 is 33.8. The van der Waals surface area contributed by atoms with Crippen molar-refractivity contribution in [2.75, 3.05) is 156 Å². The molecule has 4 unspecified atom stereocenters. The molecule has 1 aliphatic heterocycles. The monoisotopic (exact) mass is 792 g/mol. The lowest BCUT2D eigenvalue weighted by molar-refractivity contribution is -0.0381. The van der Waals surface area contributed by atoms with Gasteiger partial charge < -0.3 is 89.3 Å². The number of halogens is 3. The summed E-state index contributed by atoms with van der Waals surface area (Å²) in [6.07, 6.45) is -1.51. The standard InChI is InChI=1S/C9H20O6.2C5H11ClO3.C4H10O3.C3H5ClO.C2H6O2/c10-1-3-13-5-6-15-8-9(12)7-14-4-2-11;2*6-3-5(8)4-9-2-1-7;5-1-3-7-4-2-6;4-1-3-2-5-3;3-1-2-4/h9-12H,1-8H2;2*5,7-8H,1-4H2;5-6H,1-4H2;3H,1-2H2;3-4H,1-2H2. The number of aliphatic hydroxyl groups is 11. The Bertz CT molecular complexity index is 501. The van der Waals surface area contributed by atoms with Crippen LogP contribution in [-0.2, 0) is 33.2 Å². The predicted octanol–water partition coefficient (Wildman–Crippen LogP) is -3.85. The van der Waals surface area contributed by atoms with Gasteiger partial charge in [-0.25, -0.2) is 0 Å². The summed E-state index contributed by atoms with van der Waals surface area (Å²) >= 11 is 15.8. The summed E-state index contributed by atoms with van der Waals surface area (Å²) in [5.41, 5.74) is 0. The molecule has 0 bridgehead atoms. The molecule has 4 atom stereocenters. The molecular formula is C28H63Cl3O18. The van der Waals surface area contributed by atoms with Crippen molar-refractivity contribution in [3.63, 3.8) is 0 Å². The van der Waals surface area contributed by atoms with E-state index in [2.05, 4.69) is 4.74 Å². The Kier molecular flexibility index (Phi) is 68.6. The van der Waals surface area contributed by atoms with E-state index >= 15 is 0 Å². The fourth-order valence-corrected chi connectivity index (χ4v) is 2.24. The molecule has 0 aromatic rings. The van der Waals surface area contributed by atoms with E-state index in [1.807, 2.05) is 0 Å². The molecule has 0 radical (unpaired) electrons. The average Bonchev–Trinajstić information content (AvgIpc) is 3.97. The maximum Gasteiger partial charge on any atom is 0.101 e. The lowest BCUT2D eigenvalue weighted by atomic mass is 10.4. The van der Waals surface area contributed by atoms with Gasteiger partial charge in [-0.3, -0.25) is 0 Å². The van der Waals surface area contributed by atoms with E-state index in [0.29, 0.717) is 45.0 Å². The van der Waals surface area contributed by atoms with Crippen LogP contribution in [0.25, 0.3) is 0 Å². The van der Waals surface area contributed by atoms with E-state index in [1.165, 1.54) is 0 Å². The van der Waals surface area contributed by atoms with Crippen LogP contribution in [0.15, 0.2) is 0 Å². The van der Waals surface area contributed by atoms with E-state index in [0.717, 1.165) is 6.61 Å². The second-order valence-electron chi connectivity index (χ2n) is 8.69. The lowest BCUT2D eigenvalue weighted by Crippen LogP contribution is -2.23. The van der Waals surface area contributed by atoms with Gasteiger partial charge in [-0.05, 0) is 0 Å². The highest BCUT2D eigenvalue weighted by Crippen LogP contribution is 2.08. The maximum absolute atomic E-state index is 9.27. The lowest BCUT2D eigenvalue weighted by Gasteiger charge is -2.11. The second kappa shape index (κ2) is 57.5. The summed E-state index contributed by atoms with van der Waals surface area (Å²) in [6.45, 7) is 3.75. The molecule has 18 nitrogen and oxygen atoms in total. The summed E-state index contributed by atoms with van der Waals surface area (Å²) in [5.74, 6) is 1.01. The predicted molar refractivity (Wildman–Crippen MR) is 182 cm³/mol. The van der Waals surface area contributed by atoms with Crippen LogP contribution in [0, 0.1) is 0 Å². The summed E-state index contributed by atoms with van der Waals surface area (Å²) in [7, 11) is 0. The number of aliphatic hydroxyl groups excluding tert-OH is 11. The second-order valence-corrected chi connectivity index (χ2v) is 9.62. The Hall–Kier alpha value is 0.150. The van der Waals surface area contributed by atoms with Gasteiger partial charge in [0.1, 0.15) is 6.10 Å². The first-order valence-electron chi connectivity index (χ1n) is 15.4. The molecule has 1 rings (SSSR count). The Morgan fingerprint density at radius 2 is 0.694 bits per heavy atom. The van der Waals surface area contributed by atoms with Crippen LogP contribution in [0.1, 0.15) is 0 Å². The molecule has 21 heteroatoms. The van der Waals surface area contributed by atoms with Crippen molar-refractivity contribution >= 4 is 34.8 Å². The van der Waals surface area contributed by atoms with E-state index in [9.17, 15) is 5.11 Å². The molecule has 1 saturated heterocycles. The minimum Gasteiger partial charge on any atom is -0.394 e. The van der Waals surface area contributed by atoms with Gasteiger partial charge in [0, 0.05) is 0 Å². The fraction of sp³-hybridized carbons (Fsp3) is 1.00. The van der Waals surface area contributed by atoms with Crippen LogP contribution in [-0.4, -0.2) is 237 Å². The molecule has 0 amide bonds. The van der Waals surface area contributed by atoms with Crippen molar-refractivity contribution in [3.8, 4) is 0 Å². The van der Waals surface area contributed by atoms with Crippen LogP contribution in [0.5, 0.6) is 0 Å².